The minimum Gasteiger partial charge on any atom is -0.370 e. The second-order valence-electron chi connectivity index (χ2n) is 6.72. The summed E-state index contributed by atoms with van der Waals surface area (Å²) in [5.41, 5.74) is 0.734. The zero-order valence-corrected chi connectivity index (χ0v) is 14.8. The van der Waals surface area contributed by atoms with Gasteiger partial charge in [-0.2, -0.15) is 0 Å². The molecule has 118 valence electrons. The highest BCUT2D eigenvalue weighted by atomic mass is 35.5. The van der Waals surface area contributed by atoms with E-state index in [0.29, 0.717) is 21.5 Å². The highest BCUT2D eigenvalue weighted by Crippen LogP contribution is 2.46. The van der Waals surface area contributed by atoms with Crippen LogP contribution < -0.4 is 0 Å². The maximum absolute atomic E-state index is 6.32. The molecular weight excluding hydrogens is 307 g/mol. The maximum atomic E-state index is 6.32. The summed E-state index contributed by atoms with van der Waals surface area (Å²) in [4.78, 5) is 9.02. The van der Waals surface area contributed by atoms with Gasteiger partial charge in [0.25, 0.3) is 0 Å². The van der Waals surface area contributed by atoms with E-state index in [1.54, 1.807) is 7.11 Å². The molecule has 1 aromatic rings. The lowest BCUT2D eigenvalue weighted by Gasteiger charge is -2.41. The predicted octanol–water partition coefficient (Wildman–Crippen LogP) is 5.18. The van der Waals surface area contributed by atoms with Crippen LogP contribution in [0.25, 0.3) is 0 Å². The van der Waals surface area contributed by atoms with Crippen molar-refractivity contribution in [2.24, 2.45) is 5.41 Å². The van der Waals surface area contributed by atoms with Gasteiger partial charge in [-0.05, 0) is 37.5 Å². The van der Waals surface area contributed by atoms with Gasteiger partial charge >= 0.3 is 0 Å². The first kappa shape index (κ1) is 17.0. The molecule has 5 heteroatoms. The minimum absolute atomic E-state index is 0.345. The largest absolute Gasteiger partial charge is 0.370 e. The van der Waals surface area contributed by atoms with Gasteiger partial charge in [-0.3, -0.25) is 0 Å². The van der Waals surface area contributed by atoms with E-state index in [-0.39, 0.29) is 0 Å². The molecule has 1 aliphatic carbocycles. The molecule has 1 aromatic heterocycles. The molecule has 1 fully saturated rings. The fourth-order valence-electron chi connectivity index (χ4n) is 2.94. The second-order valence-corrected chi connectivity index (χ2v) is 7.44. The Morgan fingerprint density at radius 3 is 2.00 bits per heavy atom. The molecule has 0 bridgehead atoms. The van der Waals surface area contributed by atoms with Crippen LogP contribution in [0.15, 0.2) is 0 Å². The van der Waals surface area contributed by atoms with Gasteiger partial charge < -0.3 is 4.74 Å². The molecule has 0 spiro atoms. The summed E-state index contributed by atoms with van der Waals surface area (Å²) in [6.07, 6.45) is 5.72. The predicted molar refractivity (Wildman–Crippen MR) is 87.0 cm³/mol. The Morgan fingerprint density at radius 1 is 1.05 bits per heavy atom. The van der Waals surface area contributed by atoms with Gasteiger partial charge in [0.2, 0.25) is 0 Å². The first-order chi connectivity index (χ1) is 9.83. The van der Waals surface area contributed by atoms with Crippen LogP contribution in [-0.2, 0) is 16.8 Å². The Hall–Kier alpha value is -0.380. The van der Waals surface area contributed by atoms with E-state index in [4.69, 9.17) is 27.9 Å². The van der Waals surface area contributed by atoms with Crippen molar-refractivity contribution >= 4 is 23.2 Å². The molecule has 2 rings (SSSR count). The highest BCUT2D eigenvalue weighted by molar-refractivity contribution is 6.34. The number of methoxy groups -OCH3 is 1. The molecule has 0 aromatic carbocycles. The molecule has 1 aliphatic rings. The lowest BCUT2D eigenvalue weighted by Crippen LogP contribution is -2.38. The Labute approximate surface area is 137 Å². The first-order valence-corrected chi connectivity index (χ1v) is 8.37. The van der Waals surface area contributed by atoms with Crippen LogP contribution in [0, 0.1) is 5.41 Å². The van der Waals surface area contributed by atoms with Crippen molar-refractivity contribution < 1.29 is 4.74 Å². The highest BCUT2D eigenvalue weighted by Gasteiger charge is 2.42. The summed E-state index contributed by atoms with van der Waals surface area (Å²) in [6, 6.07) is 0. The molecular formula is C16H24Cl2N2O. The molecule has 0 saturated heterocycles. The molecule has 0 atom stereocenters. The molecule has 0 radical (unpaired) electrons. The standard InChI is InChI=1S/C16H24Cl2N2O/c1-5-6-11-12(17)19-14(20-13(11)18)16(21-4)9-7-15(2,3)8-10-16/h5-10H2,1-4H3. The number of nitrogens with zero attached hydrogens (tertiary/aromatic N) is 2. The normalized spacial score (nSPS) is 20.5. The summed E-state index contributed by atoms with van der Waals surface area (Å²) in [6.45, 7) is 6.66. The molecule has 1 heterocycles. The topological polar surface area (TPSA) is 35.0 Å². The molecule has 21 heavy (non-hydrogen) atoms. The van der Waals surface area contributed by atoms with Crippen LogP contribution in [0.3, 0.4) is 0 Å². The van der Waals surface area contributed by atoms with Crippen LogP contribution in [0.1, 0.15) is 64.3 Å². The number of aromatic nitrogens is 2. The third kappa shape index (κ3) is 3.52. The van der Waals surface area contributed by atoms with Crippen molar-refractivity contribution in [1.29, 1.82) is 0 Å². The zero-order chi connectivity index (χ0) is 15.7. The van der Waals surface area contributed by atoms with Gasteiger partial charge in [0.05, 0.1) is 0 Å². The summed E-state index contributed by atoms with van der Waals surface area (Å²) in [5, 5.41) is 0.932. The van der Waals surface area contributed by atoms with Crippen molar-refractivity contribution in [3.05, 3.63) is 21.7 Å². The van der Waals surface area contributed by atoms with E-state index in [1.807, 2.05) is 0 Å². The minimum atomic E-state index is -0.451. The summed E-state index contributed by atoms with van der Waals surface area (Å²) < 4.78 is 5.83. The Bertz CT molecular complexity index is 484. The Balaban J connectivity index is 2.35. The Morgan fingerprint density at radius 2 is 1.57 bits per heavy atom. The summed E-state index contributed by atoms with van der Waals surface area (Å²) in [7, 11) is 1.73. The fraction of sp³-hybridized carbons (Fsp3) is 0.750. The van der Waals surface area contributed by atoms with Crippen molar-refractivity contribution in [2.45, 2.75) is 64.9 Å². The lowest BCUT2D eigenvalue weighted by atomic mass is 9.70. The van der Waals surface area contributed by atoms with E-state index in [0.717, 1.165) is 44.1 Å². The quantitative estimate of drug-likeness (QED) is 0.713. The monoisotopic (exact) mass is 330 g/mol. The molecule has 0 aliphatic heterocycles. The summed E-state index contributed by atoms with van der Waals surface area (Å²) >= 11 is 12.6. The third-order valence-corrected chi connectivity index (χ3v) is 5.24. The lowest BCUT2D eigenvalue weighted by molar-refractivity contribution is -0.0729. The zero-order valence-electron chi connectivity index (χ0n) is 13.3. The van der Waals surface area contributed by atoms with Gasteiger partial charge in [0, 0.05) is 12.7 Å². The maximum Gasteiger partial charge on any atom is 0.163 e. The van der Waals surface area contributed by atoms with Gasteiger partial charge in [0.15, 0.2) is 5.82 Å². The van der Waals surface area contributed by atoms with Crippen LogP contribution in [0.2, 0.25) is 10.3 Å². The van der Waals surface area contributed by atoms with Crippen LogP contribution in [0.5, 0.6) is 0 Å². The van der Waals surface area contributed by atoms with Gasteiger partial charge in [-0.1, -0.05) is 50.4 Å². The van der Waals surface area contributed by atoms with Crippen molar-refractivity contribution in [2.75, 3.05) is 7.11 Å². The van der Waals surface area contributed by atoms with Gasteiger partial charge in [0.1, 0.15) is 15.9 Å². The van der Waals surface area contributed by atoms with Crippen LogP contribution in [-0.4, -0.2) is 17.1 Å². The first-order valence-electron chi connectivity index (χ1n) is 7.61. The van der Waals surface area contributed by atoms with Gasteiger partial charge in [-0.25, -0.2) is 9.97 Å². The molecule has 0 amide bonds. The third-order valence-electron chi connectivity index (χ3n) is 4.62. The smallest absolute Gasteiger partial charge is 0.163 e. The molecule has 0 N–H and O–H groups in total. The fourth-order valence-corrected chi connectivity index (χ4v) is 3.52. The number of halogens is 2. The average molecular weight is 331 g/mol. The molecule has 3 nitrogen and oxygen atoms in total. The van der Waals surface area contributed by atoms with Crippen molar-refractivity contribution in [3.63, 3.8) is 0 Å². The number of ether oxygens (including phenoxy) is 1. The SMILES string of the molecule is CCCc1c(Cl)nc(C2(OC)CCC(C)(C)CC2)nc1Cl. The van der Waals surface area contributed by atoms with Gasteiger partial charge in [-0.15, -0.1) is 0 Å². The summed E-state index contributed by atoms with van der Waals surface area (Å²) in [5.74, 6) is 0.635. The second kappa shape index (κ2) is 6.39. The van der Waals surface area contributed by atoms with Crippen molar-refractivity contribution in [1.82, 2.24) is 9.97 Å². The average Bonchev–Trinajstić information content (AvgIpc) is 2.43. The Kier molecular flexibility index (Phi) is 5.17. The molecule has 1 saturated carbocycles. The number of hydrogen-bond donors (Lipinski definition) is 0. The number of rotatable bonds is 4. The van der Waals surface area contributed by atoms with E-state index in [9.17, 15) is 0 Å². The van der Waals surface area contributed by atoms with Crippen molar-refractivity contribution in [3.8, 4) is 0 Å². The van der Waals surface area contributed by atoms with Crippen LogP contribution in [0.4, 0.5) is 0 Å². The van der Waals surface area contributed by atoms with E-state index < -0.39 is 5.60 Å². The van der Waals surface area contributed by atoms with E-state index >= 15 is 0 Å². The van der Waals surface area contributed by atoms with E-state index in [2.05, 4.69) is 30.7 Å². The number of hydrogen-bond acceptors (Lipinski definition) is 3. The molecule has 0 unspecified atom stereocenters. The van der Waals surface area contributed by atoms with Crippen LogP contribution >= 0.6 is 23.2 Å². The van der Waals surface area contributed by atoms with E-state index in [1.165, 1.54) is 0 Å².